The highest BCUT2D eigenvalue weighted by Gasteiger charge is 2.09. The van der Waals surface area contributed by atoms with Gasteiger partial charge in [0, 0.05) is 16.8 Å². The number of benzene rings is 2. The molecule has 0 atom stereocenters. The number of nitrogens with two attached hydrogens (primary N) is 1. The SMILES string of the molecule is CCCc1cccc(C(=O)c2cccc(N)c2)c1. The minimum Gasteiger partial charge on any atom is -0.399 e. The highest BCUT2D eigenvalue weighted by molar-refractivity contribution is 6.09. The van der Waals surface area contributed by atoms with E-state index in [1.807, 2.05) is 18.2 Å². The molecule has 0 saturated heterocycles. The van der Waals surface area contributed by atoms with Gasteiger partial charge in [-0.1, -0.05) is 43.7 Å². The van der Waals surface area contributed by atoms with Crippen LogP contribution < -0.4 is 5.73 Å². The van der Waals surface area contributed by atoms with Crippen LogP contribution in [0.1, 0.15) is 34.8 Å². The summed E-state index contributed by atoms with van der Waals surface area (Å²) in [4.78, 5) is 12.3. The Labute approximate surface area is 107 Å². The Morgan fingerprint density at radius 3 is 2.39 bits per heavy atom. The van der Waals surface area contributed by atoms with E-state index in [1.54, 1.807) is 24.3 Å². The van der Waals surface area contributed by atoms with Gasteiger partial charge in [-0.05, 0) is 30.2 Å². The summed E-state index contributed by atoms with van der Waals surface area (Å²) in [6.07, 6.45) is 2.08. The molecule has 18 heavy (non-hydrogen) atoms. The molecular weight excluding hydrogens is 222 g/mol. The lowest BCUT2D eigenvalue weighted by Crippen LogP contribution is -2.02. The van der Waals surface area contributed by atoms with E-state index in [4.69, 9.17) is 5.73 Å². The van der Waals surface area contributed by atoms with Gasteiger partial charge in [0.05, 0.1) is 0 Å². The zero-order valence-electron chi connectivity index (χ0n) is 10.5. The minimum atomic E-state index is 0.0280. The smallest absolute Gasteiger partial charge is 0.193 e. The number of aryl methyl sites for hydroxylation is 1. The van der Waals surface area contributed by atoms with Gasteiger partial charge < -0.3 is 5.73 Å². The molecule has 0 radical (unpaired) electrons. The summed E-state index contributed by atoms with van der Waals surface area (Å²) in [6, 6.07) is 14.9. The summed E-state index contributed by atoms with van der Waals surface area (Å²) in [7, 11) is 0. The summed E-state index contributed by atoms with van der Waals surface area (Å²) >= 11 is 0. The first-order chi connectivity index (χ1) is 8.70. The molecule has 0 aliphatic rings. The first-order valence-corrected chi connectivity index (χ1v) is 6.20. The molecule has 2 rings (SSSR count). The predicted molar refractivity (Wildman–Crippen MR) is 74.7 cm³/mol. The molecule has 2 aromatic carbocycles. The van der Waals surface area contributed by atoms with E-state index in [2.05, 4.69) is 13.0 Å². The fraction of sp³-hybridized carbons (Fsp3) is 0.188. The van der Waals surface area contributed by atoms with Crippen molar-refractivity contribution in [1.29, 1.82) is 0 Å². The number of carbonyl (C=O) groups is 1. The van der Waals surface area contributed by atoms with E-state index in [9.17, 15) is 4.79 Å². The number of ketones is 1. The number of hydrogen-bond acceptors (Lipinski definition) is 2. The van der Waals surface area contributed by atoms with Crippen molar-refractivity contribution in [3.63, 3.8) is 0 Å². The largest absolute Gasteiger partial charge is 0.399 e. The first-order valence-electron chi connectivity index (χ1n) is 6.20. The molecule has 0 fully saturated rings. The monoisotopic (exact) mass is 239 g/mol. The van der Waals surface area contributed by atoms with Gasteiger partial charge in [0.1, 0.15) is 0 Å². The second-order valence-electron chi connectivity index (χ2n) is 4.40. The van der Waals surface area contributed by atoms with Gasteiger partial charge >= 0.3 is 0 Å². The Kier molecular flexibility index (Phi) is 3.78. The summed E-state index contributed by atoms with van der Waals surface area (Å²) in [6.45, 7) is 2.13. The molecule has 2 heteroatoms. The number of anilines is 1. The number of hydrogen-bond donors (Lipinski definition) is 1. The first kappa shape index (κ1) is 12.4. The van der Waals surface area contributed by atoms with Crippen LogP contribution in [-0.2, 0) is 6.42 Å². The lowest BCUT2D eigenvalue weighted by molar-refractivity contribution is 0.103. The third kappa shape index (κ3) is 2.77. The van der Waals surface area contributed by atoms with Gasteiger partial charge in [0.25, 0.3) is 0 Å². The van der Waals surface area contributed by atoms with Crippen LogP contribution in [0.3, 0.4) is 0 Å². The van der Waals surface area contributed by atoms with E-state index in [0.717, 1.165) is 18.4 Å². The van der Waals surface area contributed by atoms with Crippen molar-refractivity contribution in [3.05, 3.63) is 65.2 Å². The molecule has 0 aliphatic heterocycles. The lowest BCUT2D eigenvalue weighted by Gasteiger charge is -2.05. The Morgan fingerprint density at radius 1 is 1.06 bits per heavy atom. The zero-order valence-corrected chi connectivity index (χ0v) is 10.5. The standard InChI is InChI=1S/C16H17NO/c1-2-5-12-6-3-7-13(10-12)16(18)14-8-4-9-15(17)11-14/h3-4,6-11H,2,5,17H2,1H3. The zero-order chi connectivity index (χ0) is 13.0. The van der Waals surface area contributed by atoms with E-state index < -0.39 is 0 Å². The molecule has 92 valence electrons. The summed E-state index contributed by atoms with van der Waals surface area (Å²) < 4.78 is 0. The van der Waals surface area contributed by atoms with Gasteiger partial charge in [-0.2, -0.15) is 0 Å². The molecule has 0 unspecified atom stereocenters. The number of carbonyl (C=O) groups excluding carboxylic acids is 1. The van der Waals surface area contributed by atoms with Crippen molar-refractivity contribution >= 4 is 11.5 Å². The van der Waals surface area contributed by atoms with Crippen molar-refractivity contribution in [2.24, 2.45) is 0 Å². The normalized spacial score (nSPS) is 10.3. The van der Waals surface area contributed by atoms with Crippen LogP contribution in [0.25, 0.3) is 0 Å². The fourth-order valence-corrected chi connectivity index (χ4v) is 2.00. The molecule has 2 N–H and O–H groups in total. The maximum atomic E-state index is 12.3. The average Bonchev–Trinajstić information content (AvgIpc) is 2.39. The van der Waals surface area contributed by atoms with Gasteiger partial charge in [-0.15, -0.1) is 0 Å². The van der Waals surface area contributed by atoms with E-state index in [-0.39, 0.29) is 5.78 Å². The molecule has 0 amide bonds. The van der Waals surface area contributed by atoms with E-state index in [0.29, 0.717) is 11.3 Å². The summed E-state index contributed by atoms with van der Waals surface area (Å²) in [5.74, 6) is 0.0280. The van der Waals surface area contributed by atoms with Crippen LogP contribution in [-0.4, -0.2) is 5.78 Å². The fourth-order valence-electron chi connectivity index (χ4n) is 2.00. The average molecular weight is 239 g/mol. The third-order valence-electron chi connectivity index (χ3n) is 2.88. The molecular formula is C16H17NO. The van der Waals surface area contributed by atoms with Crippen LogP contribution in [0, 0.1) is 0 Å². The van der Waals surface area contributed by atoms with Crippen molar-refractivity contribution < 1.29 is 4.79 Å². The van der Waals surface area contributed by atoms with Crippen LogP contribution in [0.2, 0.25) is 0 Å². The maximum absolute atomic E-state index is 12.3. The molecule has 2 aromatic rings. The molecule has 0 saturated carbocycles. The predicted octanol–water partition coefficient (Wildman–Crippen LogP) is 3.45. The molecule has 0 heterocycles. The molecule has 0 aliphatic carbocycles. The number of rotatable bonds is 4. The second-order valence-corrected chi connectivity index (χ2v) is 4.40. The topological polar surface area (TPSA) is 43.1 Å². The highest BCUT2D eigenvalue weighted by atomic mass is 16.1. The van der Waals surface area contributed by atoms with Crippen LogP contribution in [0.4, 0.5) is 5.69 Å². The molecule has 0 spiro atoms. The quantitative estimate of drug-likeness (QED) is 0.656. The van der Waals surface area contributed by atoms with Gasteiger partial charge in [0.2, 0.25) is 0 Å². The van der Waals surface area contributed by atoms with Crippen LogP contribution in [0.15, 0.2) is 48.5 Å². The Bertz CT molecular complexity index is 561. The van der Waals surface area contributed by atoms with Gasteiger partial charge in [-0.3, -0.25) is 4.79 Å². The molecule has 0 aromatic heterocycles. The second kappa shape index (κ2) is 5.50. The maximum Gasteiger partial charge on any atom is 0.193 e. The van der Waals surface area contributed by atoms with E-state index in [1.165, 1.54) is 5.56 Å². The Morgan fingerprint density at radius 2 is 1.72 bits per heavy atom. The van der Waals surface area contributed by atoms with Gasteiger partial charge in [0.15, 0.2) is 5.78 Å². The van der Waals surface area contributed by atoms with Crippen LogP contribution in [0.5, 0.6) is 0 Å². The van der Waals surface area contributed by atoms with E-state index >= 15 is 0 Å². The van der Waals surface area contributed by atoms with Crippen molar-refractivity contribution in [2.45, 2.75) is 19.8 Å². The van der Waals surface area contributed by atoms with Gasteiger partial charge in [-0.25, -0.2) is 0 Å². The van der Waals surface area contributed by atoms with Crippen molar-refractivity contribution in [2.75, 3.05) is 5.73 Å². The van der Waals surface area contributed by atoms with Crippen molar-refractivity contribution in [3.8, 4) is 0 Å². The molecule has 0 bridgehead atoms. The summed E-state index contributed by atoms with van der Waals surface area (Å²) in [5.41, 5.74) is 8.89. The third-order valence-corrected chi connectivity index (χ3v) is 2.88. The van der Waals surface area contributed by atoms with Crippen LogP contribution >= 0.6 is 0 Å². The highest BCUT2D eigenvalue weighted by Crippen LogP contribution is 2.15. The number of nitrogen functional groups attached to an aromatic ring is 1. The minimum absolute atomic E-state index is 0.0280. The Balaban J connectivity index is 2.31. The van der Waals surface area contributed by atoms with Crippen molar-refractivity contribution in [1.82, 2.24) is 0 Å². The Hall–Kier alpha value is -2.09. The lowest BCUT2D eigenvalue weighted by atomic mass is 9.99. The molecule has 2 nitrogen and oxygen atoms in total. The summed E-state index contributed by atoms with van der Waals surface area (Å²) in [5, 5.41) is 0.